The van der Waals surface area contributed by atoms with Crippen molar-refractivity contribution in [3.8, 4) is 0 Å². The molecule has 4 aromatic rings. The predicted octanol–water partition coefficient (Wildman–Crippen LogP) is 6.12. The third-order valence-electron chi connectivity index (χ3n) is 5.31. The maximum Gasteiger partial charge on any atom is 0.137 e. The summed E-state index contributed by atoms with van der Waals surface area (Å²) in [5.74, 6) is -0.203. The molecule has 0 unspecified atom stereocenters. The first kappa shape index (κ1) is 20.0. The van der Waals surface area contributed by atoms with Crippen LogP contribution >= 0.6 is 23.2 Å². The Bertz CT molecular complexity index is 969. The van der Waals surface area contributed by atoms with Gasteiger partial charge < -0.3 is 0 Å². The Balaban J connectivity index is 1.86. The summed E-state index contributed by atoms with van der Waals surface area (Å²) >= 11 is 3.26. The molecule has 144 valence electrons. The van der Waals surface area contributed by atoms with Crippen LogP contribution in [0.15, 0.2) is 114 Å². The Morgan fingerprint density at radius 1 is 0.621 bits per heavy atom. The van der Waals surface area contributed by atoms with Crippen LogP contribution in [0.4, 0.5) is 4.39 Å². The minimum Gasteiger partial charge on any atom is -0.206 e. The topological polar surface area (TPSA) is 0 Å². The first-order valence-corrected chi connectivity index (χ1v) is 12.5. The van der Waals surface area contributed by atoms with Crippen LogP contribution in [0.5, 0.6) is 0 Å². The molecule has 3 heteroatoms. The zero-order chi connectivity index (χ0) is 20.1. The van der Waals surface area contributed by atoms with Gasteiger partial charge in [-0.2, -0.15) is 0 Å². The van der Waals surface area contributed by atoms with E-state index in [1.807, 2.05) is 6.07 Å². The van der Waals surface area contributed by atoms with Gasteiger partial charge >= 0.3 is 0 Å². The fraction of sp³-hybridized carbons (Fsp3) is 0.0769. The fourth-order valence-corrected chi connectivity index (χ4v) is 8.43. The number of halogens is 2. The summed E-state index contributed by atoms with van der Waals surface area (Å²) in [5, 5.41) is 4.07. The van der Waals surface area contributed by atoms with Gasteiger partial charge in [-0.15, -0.1) is 0 Å². The van der Waals surface area contributed by atoms with Crippen molar-refractivity contribution in [2.45, 2.75) is 6.42 Å². The van der Waals surface area contributed by atoms with E-state index in [9.17, 15) is 4.39 Å². The Kier molecular flexibility index (Phi) is 6.23. The van der Waals surface area contributed by atoms with Crippen molar-refractivity contribution in [1.82, 2.24) is 0 Å². The van der Waals surface area contributed by atoms with E-state index in [1.165, 1.54) is 15.9 Å². The molecule has 0 aromatic heterocycles. The number of hydrogen-bond acceptors (Lipinski definition) is 0. The first-order chi connectivity index (χ1) is 14.2. The standard InChI is InChI=1S/C26H22BrFP/c27-25-17-16-21(20-26(25)28)18-19-29(22-10-4-1-5-11-22,23-12-6-2-7-13-23)24-14-8-3-9-15-24/h1-17,20H,18-19H2/q+1. The van der Waals surface area contributed by atoms with Gasteiger partial charge in [0.2, 0.25) is 0 Å². The summed E-state index contributed by atoms with van der Waals surface area (Å²) in [7, 11) is -1.88. The van der Waals surface area contributed by atoms with E-state index in [1.54, 1.807) is 12.1 Å². The number of rotatable bonds is 6. The van der Waals surface area contributed by atoms with E-state index < -0.39 is 7.26 Å². The molecule has 0 N–H and O–H groups in total. The highest BCUT2D eigenvalue weighted by Gasteiger charge is 2.44. The second kappa shape index (κ2) is 9.03. The van der Waals surface area contributed by atoms with E-state index in [0.717, 1.165) is 18.1 Å². The highest BCUT2D eigenvalue weighted by Crippen LogP contribution is 2.55. The first-order valence-electron chi connectivity index (χ1n) is 9.69. The van der Waals surface area contributed by atoms with Gasteiger partial charge in [0.05, 0.1) is 10.6 Å². The summed E-state index contributed by atoms with van der Waals surface area (Å²) in [4.78, 5) is 0. The van der Waals surface area contributed by atoms with Crippen LogP contribution in [-0.4, -0.2) is 6.16 Å². The maximum atomic E-state index is 14.1. The van der Waals surface area contributed by atoms with Crippen LogP contribution in [0, 0.1) is 5.82 Å². The van der Waals surface area contributed by atoms with Gasteiger partial charge in [-0.05, 0) is 70.0 Å². The molecule has 0 saturated carbocycles. The molecule has 29 heavy (non-hydrogen) atoms. The molecule has 0 atom stereocenters. The molecule has 0 aliphatic rings. The number of hydrogen-bond donors (Lipinski definition) is 0. The molecule has 0 aliphatic carbocycles. The zero-order valence-electron chi connectivity index (χ0n) is 16.0. The lowest BCUT2D eigenvalue weighted by atomic mass is 10.2. The Hall–Kier alpha value is -2.28. The molecule has 0 fully saturated rings. The minimum atomic E-state index is -1.88. The molecular formula is C26H22BrFP+. The average Bonchev–Trinajstić information content (AvgIpc) is 2.79. The SMILES string of the molecule is Fc1cc(CC[P+](c2ccccc2)(c2ccccc2)c2ccccc2)ccc1Br. The van der Waals surface area contributed by atoms with Crippen molar-refractivity contribution in [3.05, 3.63) is 125 Å². The lowest BCUT2D eigenvalue weighted by Gasteiger charge is -2.27. The second-order valence-corrected chi connectivity index (χ2v) is 11.5. The van der Waals surface area contributed by atoms with E-state index in [2.05, 4.69) is 107 Å². The average molecular weight is 464 g/mol. The van der Waals surface area contributed by atoms with E-state index in [-0.39, 0.29) is 5.82 Å². The summed E-state index contributed by atoms with van der Waals surface area (Å²) in [6.07, 6.45) is 1.77. The van der Waals surface area contributed by atoms with Crippen molar-refractivity contribution in [3.63, 3.8) is 0 Å². The van der Waals surface area contributed by atoms with Crippen LogP contribution in [0.3, 0.4) is 0 Å². The fourth-order valence-electron chi connectivity index (χ4n) is 3.87. The molecule has 0 nitrogen and oxygen atoms in total. The molecule has 0 heterocycles. The molecule has 0 amide bonds. The molecule has 0 bridgehead atoms. The van der Waals surface area contributed by atoms with Gasteiger partial charge in [0, 0.05) is 6.42 Å². The quantitative estimate of drug-likeness (QED) is 0.302. The summed E-state index contributed by atoms with van der Waals surface area (Å²) in [6, 6.07) is 37.9. The lowest BCUT2D eigenvalue weighted by Crippen LogP contribution is -2.34. The van der Waals surface area contributed by atoms with Crippen LogP contribution < -0.4 is 15.9 Å². The zero-order valence-corrected chi connectivity index (χ0v) is 18.5. The van der Waals surface area contributed by atoms with Gasteiger partial charge in [-0.25, -0.2) is 4.39 Å². The monoisotopic (exact) mass is 463 g/mol. The highest BCUT2D eigenvalue weighted by molar-refractivity contribution is 9.10. The lowest BCUT2D eigenvalue weighted by molar-refractivity contribution is 0.619. The normalized spacial score (nSPS) is 11.4. The minimum absolute atomic E-state index is 0.203. The molecule has 4 aromatic carbocycles. The Labute approximate surface area is 180 Å². The van der Waals surface area contributed by atoms with Crippen molar-refractivity contribution in [1.29, 1.82) is 0 Å². The van der Waals surface area contributed by atoms with Gasteiger partial charge in [0.25, 0.3) is 0 Å². The molecule has 4 rings (SSSR count). The molecule has 0 saturated heterocycles. The highest BCUT2D eigenvalue weighted by atomic mass is 79.9. The Morgan fingerprint density at radius 2 is 1.07 bits per heavy atom. The Morgan fingerprint density at radius 3 is 1.48 bits per heavy atom. The van der Waals surface area contributed by atoms with Crippen LogP contribution in [0.25, 0.3) is 0 Å². The third-order valence-corrected chi connectivity index (χ3v) is 10.4. The summed E-state index contributed by atoms with van der Waals surface area (Å²) < 4.78 is 14.6. The largest absolute Gasteiger partial charge is 0.206 e. The maximum absolute atomic E-state index is 14.1. The van der Waals surface area contributed by atoms with Crippen molar-refractivity contribution in [2.24, 2.45) is 0 Å². The number of benzene rings is 4. The van der Waals surface area contributed by atoms with E-state index >= 15 is 0 Å². The van der Waals surface area contributed by atoms with Gasteiger partial charge in [0.15, 0.2) is 0 Å². The van der Waals surface area contributed by atoms with Crippen LogP contribution in [0.1, 0.15) is 5.56 Å². The third kappa shape index (κ3) is 4.20. The molecule has 0 radical (unpaired) electrons. The smallest absolute Gasteiger partial charge is 0.137 e. The van der Waals surface area contributed by atoms with Crippen LogP contribution in [0.2, 0.25) is 0 Å². The summed E-state index contributed by atoms with van der Waals surface area (Å²) in [5.41, 5.74) is 1.03. The van der Waals surface area contributed by atoms with Crippen molar-refractivity contribution < 1.29 is 4.39 Å². The van der Waals surface area contributed by atoms with Crippen LogP contribution in [-0.2, 0) is 6.42 Å². The molecule has 0 aliphatic heterocycles. The molecular weight excluding hydrogens is 442 g/mol. The molecule has 0 spiro atoms. The summed E-state index contributed by atoms with van der Waals surface area (Å²) in [6.45, 7) is 0. The van der Waals surface area contributed by atoms with Crippen molar-refractivity contribution in [2.75, 3.05) is 6.16 Å². The number of aryl methyl sites for hydroxylation is 1. The van der Waals surface area contributed by atoms with Gasteiger partial charge in [0.1, 0.15) is 29.0 Å². The van der Waals surface area contributed by atoms with Crippen molar-refractivity contribution >= 4 is 39.1 Å². The second-order valence-electron chi connectivity index (χ2n) is 7.04. The van der Waals surface area contributed by atoms with Gasteiger partial charge in [-0.3, -0.25) is 0 Å². The van der Waals surface area contributed by atoms with Gasteiger partial charge in [-0.1, -0.05) is 60.7 Å². The van der Waals surface area contributed by atoms with E-state index in [0.29, 0.717) is 4.47 Å². The predicted molar refractivity (Wildman–Crippen MR) is 128 cm³/mol. The van der Waals surface area contributed by atoms with E-state index in [4.69, 9.17) is 0 Å².